The Morgan fingerprint density at radius 3 is 2.53 bits per heavy atom. The minimum atomic E-state index is -4.91. The van der Waals surface area contributed by atoms with Crippen LogP contribution in [0.1, 0.15) is 44.1 Å². The average Bonchev–Trinajstić information content (AvgIpc) is 3.44. The largest absolute Gasteiger partial charge is 0.471 e. The van der Waals surface area contributed by atoms with E-state index in [2.05, 4.69) is 0 Å². The quantitative estimate of drug-likeness (QED) is 0.619. The third-order valence-electron chi connectivity index (χ3n) is 6.83. The van der Waals surface area contributed by atoms with E-state index in [1.807, 2.05) is 35.2 Å². The fourth-order valence-corrected chi connectivity index (χ4v) is 5.14. The van der Waals surface area contributed by atoms with E-state index < -0.39 is 29.8 Å². The molecule has 1 amide bonds. The fourth-order valence-electron chi connectivity index (χ4n) is 5.14. The molecule has 1 saturated carbocycles. The minimum Gasteiger partial charge on any atom is -0.465 e. The predicted molar refractivity (Wildman–Crippen MR) is 110 cm³/mol. The Kier molecular flexibility index (Phi) is 6.49. The predicted octanol–water partition coefficient (Wildman–Crippen LogP) is 3.12. The molecule has 32 heavy (non-hydrogen) atoms. The Balaban J connectivity index is 1.42. The molecule has 2 heterocycles. The molecule has 1 unspecified atom stereocenters. The molecular weight excluding hydrogens is 425 g/mol. The molecule has 0 aromatic heterocycles. The summed E-state index contributed by atoms with van der Waals surface area (Å²) in [6, 6.07) is 8.32. The number of likely N-dealkylation sites (tertiary alicyclic amines) is 1. The zero-order valence-electron chi connectivity index (χ0n) is 18.1. The van der Waals surface area contributed by atoms with Crippen LogP contribution in [0.2, 0.25) is 0 Å². The van der Waals surface area contributed by atoms with Crippen LogP contribution in [0, 0.1) is 0 Å². The molecule has 1 aromatic rings. The highest BCUT2D eigenvalue weighted by molar-refractivity contribution is 5.83. The van der Waals surface area contributed by atoms with Crippen molar-refractivity contribution >= 4 is 11.9 Å². The van der Waals surface area contributed by atoms with Gasteiger partial charge in [-0.05, 0) is 38.2 Å². The lowest BCUT2D eigenvalue weighted by Crippen LogP contribution is -2.50. The normalized spacial score (nSPS) is 27.3. The first kappa shape index (κ1) is 23.0. The van der Waals surface area contributed by atoms with Gasteiger partial charge in [0.05, 0.1) is 31.4 Å². The van der Waals surface area contributed by atoms with Gasteiger partial charge >= 0.3 is 18.1 Å². The van der Waals surface area contributed by atoms with E-state index >= 15 is 0 Å². The maximum Gasteiger partial charge on any atom is 0.471 e. The molecule has 6 nitrogen and oxygen atoms in total. The summed E-state index contributed by atoms with van der Waals surface area (Å²) in [7, 11) is 0. The lowest BCUT2D eigenvalue weighted by atomic mass is 9.87. The van der Waals surface area contributed by atoms with Crippen molar-refractivity contribution < 1.29 is 32.2 Å². The number of ether oxygens (including phenoxy) is 2. The topological polar surface area (TPSA) is 59.1 Å². The van der Waals surface area contributed by atoms with Crippen LogP contribution in [0.15, 0.2) is 30.3 Å². The first-order valence-electron chi connectivity index (χ1n) is 11.2. The third-order valence-corrected chi connectivity index (χ3v) is 6.83. The number of nitrogens with zero attached hydrogens (tertiary/aromatic N) is 2. The SMILES string of the molecule is CCOC(=O)CN1CCC2(CC1)CC(N(C(=O)C(F)(F)F)[C@@H]1C[C@H]1c1ccccc1)CO2. The van der Waals surface area contributed by atoms with Gasteiger partial charge in [-0.25, -0.2) is 0 Å². The summed E-state index contributed by atoms with van der Waals surface area (Å²) in [5.74, 6) is -2.13. The number of esters is 1. The van der Waals surface area contributed by atoms with Gasteiger partial charge in [0.2, 0.25) is 0 Å². The number of halogens is 3. The number of rotatable bonds is 6. The van der Waals surface area contributed by atoms with Gasteiger partial charge in [-0.3, -0.25) is 14.5 Å². The minimum absolute atomic E-state index is 0.0783. The molecule has 0 N–H and O–H groups in total. The van der Waals surface area contributed by atoms with Gasteiger partial charge < -0.3 is 14.4 Å². The number of hydrogen-bond acceptors (Lipinski definition) is 5. The third kappa shape index (κ3) is 4.93. The molecule has 1 aromatic carbocycles. The van der Waals surface area contributed by atoms with Crippen LogP contribution in [0.3, 0.4) is 0 Å². The summed E-state index contributed by atoms with van der Waals surface area (Å²) in [5, 5.41) is 0. The maximum atomic E-state index is 13.5. The van der Waals surface area contributed by atoms with E-state index in [0.717, 1.165) is 10.5 Å². The highest BCUT2D eigenvalue weighted by atomic mass is 19.4. The number of piperidine rings is 1. The lowest BCUT2D eigenvalue weighted by molar-refractivity contribution is -0.188. The summed E-state index contributed by atoms with van der Waals surface area (Å²) in [6.45, 7) is 3.61. The van der Waals surface area contributed by atoms with E-state index in [4.69, 9.17) is 9.47 Å². The zero-order chi connectivity index (χ0) is 22.9. The van der Waals surface area contributed by atoms with Crippen LogP contribution in [0.25, 0.3) is 0 Å². The molecule has 1 spiro atoms. The fraction of sp³-hybridized carbons (Fsp3) is 0.652. The number of benzene rings is 1. The standard InChI is InChI=1S/C23H29F3N2O4/c1-2-31-20(29)14-27-10-8-22(9-11-27)13-17(15-32-22)28(21(30)23(24,25)26)19-12-18(19)16-6-4-3-5-7-16/h3-7,17-19H,2,8-15H2,1H3/t17?,18-,19+/m0/s1. The zero-order valence-corrected chi connectivity index (χ0v) is 18.1. The van der Waals surface area contributed by atoms with Crippen molar-refractivity contribution in [2.45, 2.75) is 62.4 Å². The van der Waals surface area contributed by atoms with Gasteiger partial charge in [0.15, 0.2) is 0 Å². The molecule has 4 rings (SSSR count). The molecular formula is C23H29F3N2O4. The molecule has 9 heteroatoms. The Bertz CT molecular complexity index is 824. The number of hydrogen-bond donors (Lipinski definition) is 0. The van der Waals surface area contributed by atoms with Gasteiger partial charge in [0, 0.05) is 25.0 Å². The molecule has 0 bridgehead atoms. The highest BCUT2D eigenvalue weighted by Gasteiger charge is 2.57. The molecule has 3 fully saturated rings. The van der Waals surface area contributed by atoms with Crippen molar-refractivity contribution in [1.29, 1.82) is 0 Å². The Morgan fingerprint density at radius 2 is 1.91 bits per heavy atom. The number of carbonyl (C=O) groups excluding carboxylic acids is 2. The van der Waals surface area contributed by atoms with Crippen LogP contribution < -0.4 is 0 Å². The number of alkyl halides is 3. The Morgan fingerprint density at radius 1 is 1.22 bits per heavy atom. The first-order valence-corrected chi connectivity index (χ1v) is 11.2. The van der Waals surface area contributed by atoms with Gasteiger partial charge in [0.1, 0.15) is 0 Å². The average molecular weight is 454 g/mol. The van der Waals surface area contributed by atoms with Crippen molar-refractivity contribution in [2.75, 3.05) is 32.8 Å². The van der Waals surface area contributed by atoms with Crippen LogP contribution in [-0.4, -0.2) is 78.4 Å². The summed E-state index contributed by atoms with van der Waals surface area (Å²) in [4.78, 5) is 27.2. The highest BCUT2D eigenvalue weighted by Crippen LogP contribution is 2.49. The summed E-state index contributed by atoms with van der Waals surface area (Å²) >= 11 is 0. The molecule has 2 saturated heterocycles. The summed E-state index contributed by atoms with van der Waals surface area (Å²) in [6.07, 6.45) is -2.77. The van der Waals surface area contributed by atoms with E-state index in [9.17, 15) is 22.8 Å². The summed E-state index contributed by atoms with van der Waals surface area (Å²) < 4.78 is 51.4. The molecule has 176 valence electrons. The van der Waals surface area contributed by atoms with Crippen molar-refractivity contribution in [3.8, 4) is 0 Å². The monoisotopic (exact) mass is 454 g/mol. The second kappa shape index (κ2) is 9.02. The number of amides is 1. The lowest BCUT2D eigenvalue weighted by Gasteiger charge is -2.38. The second-order valence-corrected chi connectivity index (χ2v) is 8.96. The van der Waals surface area contributed by atoms with Crippen LogP contribution in [0.5, 0.6) is 0 Å². The molecule has 0 radical (unpaired) electrons. The summed E-state index contributed by atoms with van der Waals surface area (Å²) in [5.41, 5.74) is 0.412. The van der Waals surface area contributed by atoms with Gasteiger partial charge in [-0.1, -0.05) is 30.3 Å². The van der Waals surface area contributed by atoms with Crippen LogP contribution in [-0.2, 0) is 19.1 Å². The number of carbonyl (C=O) groups is 2. The van der Waals surface area contributed by atoms with Crippen molar-refractivity contribution in [3.05, 3.63) is 35.9 Å². The van der Waals surface area contributed by atoms with Crippen LogP contribution >= 0.6 is 0 Å². The molecule has 3 aliphatic rings. The second-order valence-electron chi connectivity index (χ2n) is 8.96. The molecule has 3 atom stereocenters. The van der Waals surface area contributed by atoms with Gasteiger partial charge in [-0.15, -0.1) is 0 Å². The van der Waals surface area contributed by atoms with E-state index in [1.54, 1.807) is 6.92 Å². The smallest absolute Gasteiger partial charge is 0.465 e. The van der Waals surface area contributed by atoms with E-state index in [0.29, 0.717) is 45.4 Å². The Labute approximate surface area is 185 Å². The van der Waals surface area contributed by atoms with Crippen molar-refractivity contribution in [1.82, 2.24) is 9.80 Å². The first-order chi connectivity index (χ1) is 15.2. The van der Waals surface area contributed by atoms with E-state index in [1.165, 1.54) is 0 Å². The molecule has 2 aliphatic heterocycles. The van der Waals surface area contributed by atoms with Gasteiger partial charge in [0.25, 0.3) is 0 Å². The van der Waals surface area contributed by atoms with Crippen molar-refractivity contribution in [2.24, 2.45) is 0 Å². The Hall–Kier alpha value is -2.13. The molecule has 1 aliphatic carbocycles. The van der Waals surface area contributed by atoms with Gasteiger partial charge in [-0.2, -0.15) is 13.2 Å². The maximum absolute atomic E-state index is 13.5. The van der Waals surface area contributed by atoms with E-state index in [-0.39, 0.29) is 25.0 Å². The van der Waals surface area contributed by atoms with Crippen molar-refractivity contribution in [3.63, 3.8) is 0 Å². The van der Waals surface area contributed by atoms with Crippen LogP contribution in [0.4, 0.5) is 13.2 Å².